The Morgan fingerprint density at radius 2 is 1.93 bits per heavy atom. The van der Waals surface area contributed by atoms with Crippen LogP contribution in [0, 0.1) is 0 Å². The molecule has 1 unspecified atom stereocenters. The molecule has 1 aromatic heterocycles. The molecular weight excluding hydrogens is 342 g/mol. The molecule has 3 rings (SSSR count). The number of aromatic hydroxyl groups is 1. The van der Waals surface area contributed by atoms with Gasteiger partial charge in [0.25, 0.3) is 11.5 Å². The zero-order chi connectivity index (χ0) is 19.6. The van der Waals surface area contributed by atoms with Crippen molar-refractivity contribution in [3.05, 3.63) is 40.2 Å². The minimum Gasteiger partial charge on any atom is -0.506 e. The molecule has 27 heavy (non-hydrogen) atoms. The van der Waals surface area contributed by atoms with E-state index >= 15 is 0 Å². The molecule has 2 N–H and O–H groups in total. The maximum atomic E-state index is 13.0. The maximum Gasteiger partial charge on any atom is 0.267 e. The van der Waals surface area contributed by atoms with Crippen LogP contribution in [-0.4, -0.2) is 46.7 Å². The van der Waals surface area contributed by atoms with E-state index in [1.54, 1.807) is 22.8 Å². The number of aromatic nitrogens is 1. The molecule has 6 heteroatoms. The fourth-order valence-electron chi connectivity index (χ4n) is 3.87. The van der Waals surface area contributed by atoms with E-state index in [-0.39, 0.29) is 23.4 Å². The third-order valence-electron chi connectivity index (χ3n) is 5.37. The zero-order valence-corrected chi connectivity index (χ0v) is 16.4. The van der Waals surface area contributed by atoms with Crippen LogP contribution in [0.15, 0.2) is 29.1 Å². The lowest BCUT2D eigenvalue weighted by atomic mass is 10.0. The number of amides is 1. The lowest BCUT2D eigenvalue weighted by Crippen LogP contribution is -2.41. The Balaban J connectivity index is 1.98. The molecule has 146 valence electrons. The van der Waals surface area contributed by atoms with Crippen molar-refractivity contribution in [2.24, 2.45) is 0 Å². The second-order valence-corrected chi connectivity index (χ2v) is 7.77. The largest absolute Gasteiger partial charge is 0.506 e. The fraction of sp³-hybridized carbons (Fsp3) is 0.524. The van der Waals surface area contributed by atoms with Crippen LogP contribution < -0.4 is 10.9 Å². The second-order valence-electron chi connectivity index (χ2n) is 7.77. The fourth-order valence-corrected chi connectivity index (χ4v) is 3.87. The van der Waals surface area contributed by atoms with Gasteiger partial charge in [-0.3, -0.25) is 9.59 Å². The molecule has 6 nitrogen and oxygen atoms in total. The summed E-state index contributed by atoms with van der Waals surface area (Å²) in [6, 6.07) is 7.05. The number of hydrogen-bond donors (Lipinski definition) is 2. The molecule has 1 amide bonds. The highest BCUT2D eigenvalue weighted by atomic mass is 16.3. The average Bonchev–Trinajstić information content (AvgIpc) is 2.61. The van der Waals surface area contributed by atoms with E-state index < -0.39 is 11.5 Å². The number of hydrogen-bond acceptors (Lipinski definition) is 4. The van der Waals surface area contributed by atoms with Crippen molar-refractivity contribution < 1.29 is 9.90 Å². The van der Waals surface area contributed by atoms with Gasteiger partial charge in [0.1, 0.15) is 11.3 Å². The summed E-state index contributed by atoms with van der Waals surface area (Å²) in [6.45, 7) is 5.78. The van der Waals surface area contributed by atoms with Gasteiger partial charge in [0.15, 0.2) is 0 Å². The van der Waals surface area contributed by atoms with Crippen LogP contribution in [0.2, 0.25) is 0 Å². The summed E-state index contributed by atoms with van der Waals surface area (Å²) >= 11 is 0. The van der Waals surface area contributed by atoms with Gasteiger partial charge in [0.2, 0.25) is 0 Å². The molecule has 0 radical (unpaired) electrons. The zero-order valence-electron chi connectivity index (χ0n) is 16.4. The van der Waals surface area contributed by atoms with E-state index in [1.165, 1.54) is 0 Å². The Bertz CT molecular complexity index is 888. The number of carbonyl (C=O) groups is 1. The summed E-state index contributed by atoms with van der Waals surface area (Å²) in [5, 5.41) is 14.2. The average molecular weight is 371 g/mol. The minimum absolute atomic E-state index is 0.0121. The van der Waals surface area contributed by atoms with E-state index in [9.17, 15) is 14.7 Å². The van der Waals surface area contributed by atoms with Crippen molar-refractivity contribution in [1.82, 2.24) is 14.8 Å². The van der Waals surface area contributed by atoms with Gasteiger partial charge >= 0.3 is 0 Å². The van der Waals surface area contributed by atoms with Crippen LogP contribution in [0.3, 0.4) is 0 Å². The first-order chi connectivity index (χ1) is 12.9. The summed E-state index contributed by atoms with van der Waals surface area (Å²) in [7, 11) is 2.08. The van der Waals surface area contributed by atoms with Gasteiger partial charge in [-0.25, -0.2) is 0 Å². The van der Waals surface area contributed by atoms with E-state index in [2.05, 4.69) is 17.3 Å². The first-order valence-corrected chi connectivity index (χ1v) is 9.75. The molecule has 0 saturated carbocycles. The molecule has 2 aromatic rings. The summed E-state index contributed by atoms with van der Waals surface area (Å²) in [4.78, 5) is 28.3. The van der Waals surface area contributed by atoms with Gasteiger partial charge in [0.05, 0.1) is 5.52 Å². The SMILES string of the molecule is CC(C)n1c(=O)c(C(=O)NC2CCCCN(C)CC2)c(O)c2ccccc21. The molecule has 0 bridgehead atoms. The lowest BCUT2D eigenvalue weighted by Gasteiger charge is -2.26. The van der Waals surface area contributed by atoms with Crippen molar-refractivity contribution in [2.75, 3.05) is 20.1 Å². The van der Waals surface area contributed by atoms with Crippen LogP contribution in [0.4, 0.5) is 0 Å². The molecule has 1 atom stereocenters. The van der Waals surface area contributed by atoms with Crippen molar-refractivity contribution >= 4 is 16.8 Å². The Morgan fingerprint density at radius 3 is 2.67 bits per heavy atom. The van der Waals surface area contributed by atoms with Crippen molar-refractivity contribution in [3.8, 4) is 5.75 Å². The van der Waals surface area contributed by atoms with E-state index in [0.29, 0.717) is 10.9 Å². The Morgan fingerprint density at radius 1 is 1.19 bits per heavy atom. The summed E-state index contributed by atoms with van der Waals surface area (Å²) in [5.41, 5.74) is 0.0404. The molecular formula is C21H29N3O3. The number of benzene rings is 1. The van der Waals surface area contributed by atoms with Crippen LogP contribution in [0.25, 0.3) is 10.9 Å². The number of rotatable bonds is 3. The van der Waals surface area contributed by atoms with Crippen LogP contribution in [-0.2, 0) is 0 Å². The van der Waals surface area contributed by atoms with E-state index in [4.69, 9.17) is 0 Å². The van der Waals surface area contributed by atoms with Gasteiger partial charge in [0, 0.05) is 17.5 Å². The Labute approximate surface area is 159 Å². The highest BCUT2D eigenvalue weighted by Crippen LogP contribution is 2.28. The number of likely N-dealkylation sites (tertiary alicyclic amines) is 1. The van der Waals surface area contributed by atoms with E-state index in [1.807, 2.05) is 19.9 Å². The lowest BCUT2D eigenvalue weighted by molar-refractivity contribution is 0.0922. The molecule has 0 spiro atoms. The molecule has 1 aromatic carbocycles. The highest BCUT2D eigenvalue weighted by molar-refractivity contribution is 6.02. The summed E-state index contributed by atoms with van der Waals surface area (Å²) in [6.07, 6.45) is 3.88. The van der Waals surface area contributed by atoms with Gasteiger partial charge in [-0.1, -0.05) is 18.6 Å². The van der Waals surface area contributed by atoms with Crippen molar-refractivity contribution in [2.45, 2.75) is 51.6 Å². The van der Waals surface area contributed by atoms with Gasteiger partial charge in [-0.05, 0) is 65.4 Å². The third-order valence-corrected chi connectivity index (χ3v) is 5.37. The first kappa shape index (κ1) is 19.4. The predicted octanol–water partition coefficient (Wildman–Crippen LogP) is 2.89. The van der Waals surface area contributed by atoms with Gasteiger partial charge in [-0.15, -0.1) is 0 Å². The monoisotopic (exact) mass is 371 g/mol. The third kappa shape index (κ3) is 4.00. The maximum absolute atomic E-state index is 13.0. The topological polar surface area (TPSA) is 74.6 Å². The van der Waals surface area contributed by atoms with Crippen LogP contribution in [0.5, 0.6) is 5.75 Å². The molecule has 1 aliphatic rings. The number of carbonyl (C=O) groups excluding carboxylic acids is 1. The number of fused-ring (bicyclic) bond motifs is 1. The van der Waals surface area contributed by atoms with E-state index in [0.717, 1.165) is 38.8 Å². The number of nitrogens with one attached hydrogen (secondary N) is 1. The minimum atomic E-state index is -0.481. The van der Waals surface area contributed by atoms with Crippen molar-refractivity contribution in [1.29, 1.82) is 0 Å². The van der Waals surface area contributed by atoms with Gasteiger partial charge < -0.3 is 19.9 Å². The summed E-state index contributed by atoms with van der Waals surface area (Å²) < 4.78 is 1.58. The van der Waals surface area contributed by atoms with Crippen molar-refractivity contribution in [3.63, 3.8) is 0 Å². The molecule has 1 aliphatic heterocycles. The number of para-hydroxylation sites is 1. The standard InChI is InChI=1S/C21H29N3O3/c1-14(2)24-17-10-5-4-9-16(17)19(25)18(21(24)27)20(26)22-15-8-6-7-12-23(3)13-11-15/h4-5,9-10,14-15,25H,6-8,11-13H2,1-3H3,(H,22,26). The predicted molar refractivity (Wildman–Crippen MR) is 107 cm³/mol. The van der Waals surface area contributed by atoms with Gasteiger partial charge in [-0.2, -0.15) is 0 Å². The smallest absolute Gasteiger partial charge is 0.267 e. The molecule has 0 aliphatic carbocycles. The highest BCUT2D eigenvalue weighted by Gasteiger charge is 2.25. The molecule has 2 heterocycles. The number of pyridine rings is 1. The summed E-state index contributed by atoms with van der Waals surface area (Å²) in [5.74, 6) is -0.709. The van der Waals surface area contributed by atoms with Crippen LogP contribution >= 0.6 is 0 Å². The second kappa shape index (κ2) is 8.13. The quantitative estimate of drug-likeness (QED) is 0.870. The number of nitrogens with zero attached hydrogens (tertiary/aromatic N) is 2. The van der Waals surface area contributed by atoms with Crippen LogP contribution in [0.1, 0.15) is 55.9 Å². The normalized spacial score (nSPS) is 19.0. The first-order valence-electron chi connectivity index (χ1n) is 9.75. The molecule has 1 saturated heterocycles. The Kier molecular flexibility index (Phi) is 5.85. The molecule has 1 fully saturated rings. The Hall–Kier alpha value is -2.34.